The van der Waals surface area contributed by atoms with E-state index in [-0.39, 0.29) is 41.8 Å². The van der Waals surface area contributed by atoms with E-state index in [0.29, 0.717) is 35.2 Å². The fraction of sp³-hybridized carbons (Fsp3) is 0.457. The van der Waals surface area contributed by atoms with Gasteiger partial charge >= 0.3 is 12.2 Å². The number of amides is 4. The zero-order chi connectivity index (χ0) is 33.8. The van der Waals surface area contributed by atoms with Gasteiger partial charge in [-0.15, -0.1) is 23.1 Å². The van der Waals surface area contributed by atoms with Gasteiger partial charge in [-0.2, -0.15) is 0 Å². The topological polar surface area (TPSA) is 130 Å². The summed E-state index contributed by atoms with van der Waals surface area (Å²) in [5.74, 6) is -0.128. The van der Waals surface area contributed by atoms with Gasteiger partial charge in [-0.25, -0.2) is 14.6 Å². The number of benzene rings is 2. The number of nitrogens with one attached hydrogen (secondary N) is 2. The van der Waals surface area contributed by atoms with E-state index in [1.165, 1.54) is 23.1 Å². The van der Waals surface area contributed by atoms with Crippen LogP contribution < -0.4 is 10.6 Å². The lowest BCUT2D eigenvalue weighted by Gasteiger charge is -2.39. The van der Waals surface area contributed by atoms with Crippen LogP contribution in [0.25, 0.3) is 11.3 Å². The second-order valence-electron chi connectivity index (χ2n) is 13.4. The molecule has 2 saturated heterocycles. The van der Waals surface area contributed by atoms with Crippen LogP contribution in [0.1, 0.15) is 62.4 Å². The fourth-order valence-electron chi connectivity index (χ4n) is 5.79. The van der Waals surface area contributed by atoms with Crippen molar-refractivity contribution in [3.8, 4) is 11.3 Å². The van der Waals surface area contributed by atoms with Crippen molar-refractivity contribution >= 4 is 52.2 Å². The van der Waals surface area contributed by atoms with Gasteiger partial charge < -0.3 is 25.0 Å². The summed E-state index contributed by atoms with van der Waals surface area (Å²) in [6.45, 7) is 6.58. The molecule has 48 heavy (non-hydrogen) atoms. The second-order valence-corrected chi connectivity index (χ2v) is 15.4. The third kappa shape index (κ3) is 8.48. The molecule has 2 unspecified atom stereocenters. The molecule has 3 aromatic rings. The Balaban J connectivity index is 1.14. The summed E-state index contributed by atoms with van der Waals surface area (Å²) in [6, 6.07) is 16.1. The highest BCUT2D eigenvalue weighted by atomic mass is 32.2. The van der Waals surface area contributed by atoms with Crippen LogP contribution in [0.4, 0.5) is 14.7 Å². The summed E-state index contributed by atoms with van der Waals surface area (Å²) in [4.78, 5) is 60.7. The first-order valence-electron chi connectivity index (χ1n) is 16.3. The predicted molar refractivity (Wildman–Crippen MR) is 186 cm³/mol. The molecular weight excluding hydrogens is 651 g/mol. The van der Waals surface area contributed by atoms with E-state index in [1.54, 1.807) is 21.9 Å². The summed E-state index contributed by atoms with van der Waals surface area (Å²) in [5.41, 5.74) is 2.31. The highest BCUT2D eigenvalue weighted by molar-refractivity contribution is 8.00. The molecule has 6 rings (SSSR count). The number of hydrogen-bond donors (Lipinski definition) is 2. The van der Waals surface area contributed by atoms with Crippen LogP contribution in [0, 0.1) is 5.92 Å². The molecule has 1 aromatic heterocycles. The monoisotopic (exact) mass is 691 g/mol. The van der Waals surface area contributed by atoms with Crippen molar-refractivity contribution in [3.05, 3.63) is 71.1 Å². The van der Waals surface area contributed by atoms with Crippen LogP contribution in [0.2, 0.25) is 0 Å². The lowest BCUT2D eigenvalue weighted by atomic mass is 9.97. The number of piperidine rings is 1. The number of aromatic nitrogens is 1. The zero-order valence-corrected chi connectivity index (χ0v) is 29.0. The van der Waals surface area contributed by atoms with Crippen LogP contribution >= 0.6 is 23.1 Å². The lowest BCUT2D eigenvalue weighted by Crippen LogP contribution is -2.53. The van der Waals surface area contributed by atoms with Crippen LogP contribution in [0.15, 0.2) is 60.0 Å². The Morgan fingerprint density at radius 3 is 2.44 bits per heavy atom. The van der Waals surface area contributed by atoms with E-state index in [1.807, 2.05) is 68.6 Å². The van der Waals surface area contributed by atoms with Gasteiger partial charge in [-0.3, -0.25) is 14.5 Å². The van der Waals surface area contributed by atoms with Crippen molar-refractivity contribution in [1.29, 1.82) is 0 Å². The number of hydrogen-bond acceptors (Lipinski definition) is 9. The molecule has 1 aliphatic carbocycles. The minimum absolute atomic E-state index is 0.0702. The normalized spacial score (nSPS) is 21.0. The van der Waals surface area contributed by atoms with Gasteiger partial charge in [0.25, 0.3) is 5.91 Å². The van der Waals surface area contributed by atoms with Crippen molar-refractivity contribution in [2.45, 2.75) is 76.1 Å². The molecule has 3 aliphatic rings. The van der Waals surface area contributed by atoms with Gasteiger partial charge in [0.15, 0.2) is 5.13 Å². The lowest BCUT2D eigenvalue weighted by molar-refractivity contribution is -0.120. The third-order valence-electron chi connectivity index (χ3n) is 8.36. The van der Waals surface area contributed by atoms with Crippen LogP contribution in [0.3, 0.4) is 0 Å². The van der Waals surface area contributed by atoms with E-state index >= 15 is 0 Å². The number of thiazole rings is 1. The number of ether oxygens (including phenoxy) is 2. The molecule has 3 heterocycles. The number of anilines is 1. The molecule has 2 aliphatic heterocycles. The Morgan fingerprint density at radius 2 is 1.73 bits per heavy atom. The Morgan fingerprint density at radius 1 is 0.979 bits per heavy atom. The summed E-state index contributed by atoms with van der Waals surface area (Å²) in [6.07, 6.45) is 2.66. The van der Waals surface area contributed by atoms with Gasteiger partial charge in [0.2, 0.25) is 5.91 Å². The first kappa shape index (κ1) is 33.8. The Kier molecular flexibility index (Phi) is 10.3. The predicted octanol–water partition coefficient (Wildman–Crippen LogP) is 6.37. The minimum Gasteiger partial charge on any atom is -0.445 e. The molecule has 4 amide bonds. The molecular formula is C35H41N5O6S2. The second kappa shape index (κ2) is 14.6. The SMILES string of the molecule is CC(C)(C)OC(=O)N1CCCC([C@H]2SCC(C(=O)Nc3nc(-c4ccc(C(=O)NC5CC5)cc4)cs3)N2C(=O)OCc2ccccc2)C1. The third-order valence-corrected chi connectivity index (χ3v) is 10.6. The van der Waals surface area contributed by atoms with Crippen molar-refractivity contribution in [2.24, 2.45) is 5.92 Å². The highest BCUT2D eigenvalue weighted by Gasteiger charge is 2.47. The molecule has 13 heteroatoms. The Bertz CT molecular complexity index is 1620. The van der Waals surface area contributed by atoms with Crippen molar-refractivity contribution in [2.75, 3.05) is 24.2 Å². The molecule has 0 radical (unpaired) electrons. The number of carbonyl (C=O) groups is 4. The average molecular weight is 692 g/mol. The Labute approximate surface area is 288 Å². The van der Waals surface area contributed by atoms with Gasteiger partial charge in [0.1, 0.15) is 18.2 Å². The summed E-state index contributed by atoms with van der Waals surface area (Å²) < 4.78 is 11.4. The van der Waals surface area contributed by atoms with Crippen molar-refractivity contribution in [3.63, 3.8) is 0 Å². The molecule has 1 saturated carbocycles. The molecule has 0 bridgehead atoms. The fourth-order valence-corrected chi connectivity index (χ4v) is 8.10. The van der Waals surface area contributed by atoms with E-state index in [9.17, 15) is 19.2 Å². The van der Waals surface area contributed by atoms with Crippen molar-refractivity contribution in [1.82, 2.24) is 20.1 Å². The first-order valence-corrected chi connectivity index (χ1v) is 18.2. The van der Waals surface area contributed by atoms with Gasteiger partial charge in [0.05, 0.1) is 11.1 Å². The molecule has 2 aromatic carbocycles. The zero-order valence-electron chi connectivity index (χ0n) is 27.3. The standard InChI is InChI=1S/C35H41N5O6S2/c1-35(2,3)46-33(43)39-17-7-10-25(18-39)31-40(34(44)45-19-22-8-5-4-6-9-22)28(21-47-31)30(42)38-32-37-27(20-48-32)23-11-13-24(14-12-23)29(41)36-26-15-16-26/h4-6,8-9,11-14,20,25-26,28,31H,7,10,15-19,21H2,1-3H3,(H,36,41)(H,37,38,42)/t25?,28?,31-/m1/s1. The highest BCUT2D eigenvalue weighted by Crippen LogP contribution is 2.39. The smallest absolute Gasteiger partial charge is 0.411 e. The van der Waals surface area contributed by atoms with Crippen LogP contribution in [-0.4, -0.2) is 80.7 Å². The average Bonchev–Trinajstić information content (AvgIpc) is 3.57. The summed E-state index contributed by atoms with van der Waals surface area (Å²) in [7, 11) is 0. The molecule has 0 spiro atoms. The first-order chi connectivity index (χ1) is 23.0. The van der Waals surface area contributed by atoms with E-state index in [2.05, 4.69) is 15.6 Å². The van der Waals surface area contributed by atoms with Gasteiger partial charge in [-0.1, -0.05) is 42.5 Å². The number of likely N-dealkylation sites (tertiary alicyclic amines) is 1. The van der Waals surface area contributed by atoms with Crippen molar-refractivity contribution < 1.29 is 28.7 Å². The summed E-state index contributed by atoms with van der Waals surface area (Å²) in [5, 5.41) is 7.80. The summed E-state index contributed by atoms with van der Waals surface area (Å²) >= 11 is 2.82. The van der Waals surface area contributed by atoms with E-state index in [4.69, 9.17) is 9.47 Å². The quantitative estimate of drug-likeness (QED) is 0.279. The molecule has 254 valence electrons. The maximum atomic E-state index is 13.8. The number of rotatable bonds is 8. The Hall–Kier alpha value is -4.10. The van der Waals surface area contributed by atoms with Gasteiger partial charge in [-0.05, 0) is 64.2 Å². The maximum Gasteiger partial charge on any atom is 0.411 e. The van der Waals surface area contributed by atoms with Gasteiger partial charge in [0, 0.05) is 47.3 Å². The minimum atomic E-state index is -0.795. The maximum absolute atomic E-state index is 13.8. The molecule has 2 N–H and O–H groups in total. The number of carbonyl (C=O) groups excluding carboxylic acids is 4. The number of thioether (sulfide) groups is 1. The largest absolute Gasteiger partial charge is 0.445 e. The van der Waals surface area contributed by atoms with E-state index in [0.717, 1.165) is 36.8 Å². The van der Waals surface area contributed by atoms with E-state index < -0.39 is 17.7 Å². The molecule has 3 atom stereocenters. The van der Waals surface area contributed by atoms with Crippen LogP contribution in [-0.2, 0) is 20.9 Å². The molecule has 3 fully saturated rings. The number of nitrogens with zero attached hydrogens (tertiary/aromatic N) is 3. The molecule has 11 nitrogen and oxygen atoms in total. The van der Waals surface area contributed by atoms with Crippen LogP contribution in [0.5, 0.6) is 0 Å².